The van der Waals surface area contributed by atoms with E-state index in [4.69, 9.17) is 0 Å². The summed E-state index contributed by atoms with van der Waals surface area (Å²) in [4.78, 5) is 31.0. The Balaban J connectivity index is 1.85. The lowest BCUT2D eigenvalue weighted by atomic mass is 9.78. The first kappa shape index (κ1) is 35.8. The van der Waals surface area contributed by atoms with Gasteiger partial charge >= 0.3 is 18.3 Å². The second-order valence-electron chi connectivity index (χ2n) is 12.6. The van der Waals surface area contributed by atoms with Crippen molar-refractivity contribution in [3.05, 3.63) is 81.9 Å². The number of carboxylic acid groups (broad SMARTS) is 1. The predicted octanol–water partition coefficient (Wildman–Crippen LogP) is 8.42. The Morgan fingerprint density at radius 1 is 0.872 bits per heavy atom. The lowest BCUT2D eigenvalue weighted by molar-refractivity contribution is -0.143. The molecule has 13 heteroatoms. The van der Waals surface area contributed by atoms with Crippen molar-refractivity contribution < 1.29 is 50.5 Å². The first-order chi connectivity index (χ1) is 21.7. The topological polar surface area (TPSA) is 90.7 Å². The van der Waals surface area contributed by atoms with Crippen molar-refractivity contribution in [2.24, 2.45) is 5.92 Å². The van der Waals surface area contributed by atoms with Crippen LogP contribution in [0.1, 0.15) is 85.5 Å². The van der Waals surface area contributed by atoms with Crippen LogP contribution in [0.5, 0.6) is 0 Å². The lowest BCUT2D eigenvalue weighted by Crippen LogP contribution is -2.42. The first-order valence-corrected chi connectivity index (χ1v) is 14.9. The van der Waals surface area contributed by atoms with Crippen molar-refractivity contribution in [2.45, 2.75) is 83.2 Å². The Hall–Kier alpha value is -4.00. The zero-order chi connectivity index (χ0) is 35.1. The molecule has 0 saturated heterocycles. The Morgan fingerprint density at radius 3 is 1.91 bits per heavy atom. The number of amides is 1. The van der Waals surface area contributed by atoms with E-state index < -0.39 is 58.8 Å². The number of pyridine rings is 1. The van der Waals surface area contributed by atoms with Gasteiger partial charge in [-0.3, -0.25) is 14.6 Å². The normalized spacial score (nSPS) is 17.4. The highest BCUT2D eigenvalue weighted by atomic mass is 19.4. The SMILES string of the molecule is Cc1cc(F)ccc1-c1cc(C2CCC(CC(=O)O)CC2)nc(CO)c1N(C)C(=O)C(C)(C)c1cc(C(F)(F)F)cc(C(F)(F)F)c1. The summed E-state index contributed by atoms with van der Waals surface area (Å²) in [6, 6.07) is 6.66. The van der Waals surface area contributed by atoms with E-state index in [9.17, 15) is 50.5 Å². The largest absolute Gasteiger partial charge is 0.481 e. The molecule has 254 valence electrons. The molecule has 1 aromatic heterocycles. The number of aliphatic hydroxyl groups excluding tert-OH is 1. The Labute approximate surface area is 267 Å². The number of carbonyl (C=O) groups excluding carboxylic acids is 1. The summed E-state index contributed by atoms with van der Waals surface area (Å²) in [7, 11) is 1.29. The molecule has 2 aromatic carbocycles. The second kappa shape index (κ2) is 13.2. The summed E-state index contributed by atoms with van der Waals surface area (Å²) in [5.41, 5.74) is -3.65. The van der Waals surface area contributed by atoms with Gasteiger partial charge in [0.05, 0.1) is 34.5 Å². The van der Waals surface area contributed by atoms with Crippen molar-refractivity contribution in [1.82, 2.24) is 4.98 Å². The molecule has 1 fully saturated rings. The molecule has 1 saturated carbocycles. The summed E-state index contributed by atoms with van der Waals surface area (Å²) < 4.78 is 96.2. The maximum Gasteiger partial charge on any atom is 0.416 e. The molecule has 1 amide bonds. The molecule has 0 aliphatic heterocycles. The quantitative estimate of drug-likeness (QED) is 0.235. The van der Waals surface area contributed by atoms with Gasteiger partial charge in [-0.15, -0.1) is 0 Å². The maximum atomic E-state index is 14.2. The van der Waals surface area contributed by atoms with Crippen molar-refractivity contribution in [2.75, 3.05) is 11.9 Å². The van der Waals surface area contributed by atoms with E-state index >= 15 is 0 Å². The summed E-state index contributed by atoms with van der Waals surface area (Å²) in [6.45, 7) is 3.37. The standard InChI is InChI=1S/C34H35F7N2O4/c1-18-11-24(35)9-10-25(18)26-16-27(20-7-5-19(6-8-20)12-29(45)46)42-28(17-44)30(26)43(4)31(47)32(2,3)21-13-22(33(36,37)38)15-23(14-21)34(39,40)41/h9-11,13-16,19-20,44H,5-8,12,17H2,1-4H3,(H,45,46). The van der Waals surface area contributed by atoms with Gasteiger partial charge in [0.2, 0.25) is 5.91 Å². The molecule has 6 nitrogen and oxygen atoms in total. The number of likely N-dealkylation sites (N-methyl/N-ethyl adjacent to an activating group) is 1. The smallest absolute Gasteiger partial charge is 0.416 e. The van der Waals surface area contributed by atoms with Gasteiger partial charge in [0.25, 0.3) is 0 Å². The highest BCUT2D eigenvalue weighted by molar-refractivity contribution is 6.04. The number of anilines is 1. The molecule has 47 heavy (non-hydrogen) atoms. The predicted molar refractivity (Wildman–Crippen MR) is 160 cm³/mol. The monoisotopic (exact) mass is 668 g/mol. The van der Waals surface area contributed by atoms with Gasteiger partial charge in [0.1, 0.15) is 5.82 Å². The van der Waals surface area contributed by atoms with Crippen LogP contribution >= 0.6 is 0 Å². The molecule has 0 radical (unpaired) electrons. The van der Waals surface area contributed by atoms with Crippen molar-refractivity contribution in [1.29, 1.82) is 0 Å². The minimum Gasteiger partial charge on any atom is -0.481 e. The van der Waals surface area contributed by atoms with Crippen LogP contribution in [0.15, 0.2) is 42.5 Å². The number of aliphatic carboxylic acids is 1. The summed E-state index contributed by atoms with van der Waals surface area (Å²) in [5, 5.41) is 19.7. The first-order valence-electron chi connectivity index (χ1n) is 14.9. The van der Waals surface area contributed by atoms with E-state index in [2.05, 4.69) is 4.98 Å². The number of aliphatic hydroxyl groups is 1. The molecule has 2 N–H and O–H groups in total. The fourth-order valence-corrected chi connectivity index (χ4v) is 6.31. The van der Waals surface area contributed by atoms with Crippen molar-refractivity contribution in [3.8, 4) is 11.1 Å². The molecule has 4 rings (SSSR count). The number of halogens is 7. The molecule has 0 spiro atoms. The van der Waals surface area contributed by atoms with Crippen LogP contribution in [0.2, 0.25) is 0 Å². The highest BCUT2D eigenvalue weighted by Gasteiger charge is 2.42. The zero-order valence-electron chi connectivity index (χ0n) is 26.2. The number of carbonyl (C=O) groups is 2. The number of benzene rings is 2. The molecule has 1 heterocycles. The van der Waals surface area contributed by atoms with Crippen molar-refractivity contribution >= 4 is 17.6 Å². The van der Waals surface area contributed by atoms with Crippen LogP contribution in [0, 0.1) is 18.7 Å². The van der Waals surface area contributed by atoms with E-state index in [1.807, 2.05) is 0 Å². The van der Waals surface area contributed by atoms with E-state index in [1.54, 1.807) is 13.0 Å². The number of aromatic nitrogens is 1. The van der Waals surface area contributed by atoms with Gasteiger partial charge < -0.3 is 15.1 Å². The molecule has 1 aliphatic rings. The number of rotatable bonds is 8. The average Bonchev–Trinajstić information content (AvgIpc) is 2.98. The van der Waals surface area contributed by atoms with E-state index in [0.29, 0.717) is 60.2 Å². The van der Waals surface area contributed by atoms with E-state index in [0.717, 1.165) is 4.90 Å². The molecular weight excluding hydrogens is 633 g/mol. The number of hydrogen-bond acceptors (Lipinski definition) is 4. The van der Waals surface area contributed by atoms with Gasteiger partial charge in [-0.1, -0.05) is 6.07 Å². The van der Waals surface area contributed by atoms with Crippen LogP contribution in [0.4, 0.5) is 36.4 Å². The van der Waals surface area contributed by atoms with Crippen LogP contribution in [-0.2, 0) is 34.0 Å². The van der Waals surface area contributed by atoms with Crippen LogP contribution in [-0.4, -0.2) is 34.1 Å². The molecule has 3 aromatic rings. The van der Waals surface area contributed by atoms with Crippen molar-refractivity contribution in [3.63, 3.8) is 0 Å². The average molecular weight is 669 g/mol. The summed E-state index contributed by atoms with van der Waals surface area (Å²) in [5.74, 6) is -2.43. The Kier molecular flexibility index (Phi) is 10.1. The summed E-state index contributed by atoms with van der Waals surface area (Å²) in [6.07, 6.45) is -7.73. The maximum absolute atomic E-state index is 14.2. The fraction of sp³-hybridized carbons (Fsp3) is 0.441. The zero-order valence-corrected chi connectivity index (χ0v) is 26.2. The van der Waals surface area contributed by atoms with Gasteiger partial charge in [0, 0.05) is 30.6 Å². The van der Waals surface area contributed by atoms with E-state index in [-0.39, 0.29) is 35.7 Å². The minimum atomic E-state index is -5.12. The third-order valence-electron chi connectivity index (χ3n) is 8.93. The number of alkyl halides is 6. The van der Waals surface area contributed by atoms with Crippen LogP contribution in [0.3, 0.4) is 0 Å². The molecule has 0 unspecified atom stereocenters. The van der Waals surface area contributed by atoms with Crippen LogP contribution in [0.25, 0.3) is 11.1 Å². The highest BCUT2D eigenvalue weighted by Crippen LogP contribution is 2.44. The van der Waals surface area contributed by atoms with E-state index in [1.165, 1.54) is 39.1 Å². The number of hydrogen-bond donors (Lipinski definition) is 2. The van der Waals surface area contributed by atoms with Gasteiger partial charge in [-0.05, 0) is 105 Å². The molecule has 0 atom stereocenters. The number of carboxylic acids is 1. The summed E-state index contributed by atoms with van der Waals surface area (Å²) >= 11 is 0. The minimum absolute atomic E-state index is 0.00107. The number of nitrogens with zero attached hydrogens (tertiary/aromatic N) is 2. The van der Waals surface area contributed by atoms with Gasteiger partial charge in [-0.2, -0.15) is 26.3 Å². The third kappa shape index (κ3) is 7.77. The van der Waals surface area contributed by atoms with Gasteiger partial charge in [0.15, 0.2) is 0 Å². The second-order valence-corrected chi connectivity index (χ2v) is 12.6. The number of aryl methyl sites for hydroxylation is 1. The molecule has 0 bridgehead atoms. The Morgan fingerprint density at radius 2 is 1.43 bits per heavy atom. The van der Waals surface area contributed by atoms with Gasteiger partial charge in [-0.25, -0.2) is 4.39 Å². The van der Waals surface area contributed by atoms with Crippen LogP contribution < -0.4 is 4.90 Å². The molecule has 1 aliphatic carbocycles. The third-order valence-corrected chi connectivity index (χ3v) is 8.93. The lowest BCUT2D eigenvalue weighted by Gasteiger charge is -2.34. The Bertz CT molecular complexity index is 1630. The molecular formula is C34H35F7N2O4. The fourth-order valence-electron chi connectivity index (χ4n) is 6.31.